The third kappa shape index (κ3) is 5.29. The van der Waals surface area contributed by atoms with Gasteiger partial charge in [-0.2, -0.15) is 0 Å². The second-order valence-electron chi connectivity index (χ2n) is 8.20. The molecule has 1 amide bonds. The second kappa shape index (κ2) is 8.27. The number of carbonyl (C=O) groups is 1. The van der Waals surface area contributed by atoms with Crippen molar-refractivity contribution in [3.63, 3.8) is 0 Å². The maximum absolute atomic E-state index is 14.4. The van der Waals surface area contributed by atoms with Gasteiger partial charge < -0.3 is 10.1 Å². The summed E-state index contributed by atoms with van der Waals surface area (Å²) in [4.78, 5) is 14.4. The summed E-state index contributed by atoms with van der Waals surface area (Å²) in [6.07, 6.45) is -0.536. The molecule has 1 aliphatic heterocycles. The van der Waals surface area contributed by atoms with Crippen molar-refractivity contribution in [1.82, 2.24) is 10.2 Å². The summed E-state index contributed by atoms with van der Waals surface area (Å²) in [5, 5.41) is 2.88. The molecule has 28 heavy (non-hydrogen) atoms. The predicted molar refractivity (Wildman–Crippen MR) is 104 cm³/mol. The van der Waals surface area contributed by atoms with Gasteiger partial charge >= 0.3 is 6.09 Å². The molecular formula is C22H26F2N2O2. The molecule has 0 aromatic heterocycles. The van der Waals surface area contributed by atoms with Crippen molar-refractivity contribution < 1.29 is 18.3 Å². The van der Waals surface area contributed by atoms with Crippen LogP contribution in [0.3, 0.4) is 0 Å². The lowest BCUT2D eigenvalue weighted by Gasteiger charge is -2.24. The number of hydrogen-bond donors (Lipinski definition) is 1. The van der Waals surface area contributed by atoms with Crippen LogP contribution < -0.4 is 5.32 Å². The quantitative estimate of drug-likeness (QED) is 0.841. The Bertz CT molecular complexity index is 821. The summed E-state index contributed by atoms with van der Waals surface area (Å²) in [5.74, 6) is -1.50. The molecular weight excluding hydrogens is 362 g/mol. The highest BCUT2D eigenvalue weighted by molar-refractivity contribution is 5.68. The van der Waals surface area contributed by atoms with E-state index in [0.29, 0.717) is 25.2 Å². The van der Waals surface area contributed by atoms with Gasteiger partial charge in [0.25, 0.3) is 0 Å². The third-order valence-electron chi connectivity index (χ3n) is 4.71. The van der Waals surface area contributed by atoms with Crippen molar-refractivity contribution in [2.24, 2.45) is 0 Å². The van der Waals surface area contributed by atoms with E-state index in [1.165, 1.54) is 12.1 Å². The van der Waals surface area contributed by atoms with Crippen molar-refractivity contribution in [3.05, 3.63) is 71.3 Å². The number of hydrogen-bond acceptors (Lipinski definition) is 3. The molecule has 0 aliphatic carbocycles. The molecule has 1 N–H and O–H groups in total. The second-order valence-corrected chi connectivity index (χ2v) is 8.20. The van der Waals surface area contributed by atoms with E-state index in [-0.39, 0.29) is 12.0 Å². The number of ether oxygens (including phenoxy) is 1. The number of nitrogens with zero attached hydrogens (tertiary/aromatic N) is 1. The molecule has 0 bridgehead atoms. The number of benzene rings is 2. The Labute approximate surface area is 164 Å². The minimum atomic E-state index is -0.622. The van der Waals surface area contributed by atoms with Crippen molar-refractivity contribution in [2.45, 2.75) is 44.9 Å². The third-order valence-corrected chi connectivity index (χ3v) is 4.71. The number of amides is 1. The normalized spacial score (nSPS) is 20.2. The highest BCUT2D eigenvalue weighted by Gasteiger charge is 2.37. The molecule has 2 atom stereocenters. The van der Waals surface area contributed by atoms with Gasteiger partial charge in [0, 0.05) is 31.6 Å². The Morgan fingerprint density at radius 3 is 2.50 bits per heavy atom. The maximum atomic E-state index is 14.4. The molecule has 0 radical (unpaired) electrons. The van der Waals surface area contributed by atoms with E-state index in [4.69, 9.17) is 4.74 Å². The van der Waals surface area contributed by atoms with Crippen LogP contribution in [0.4, 0.5) is 13.6 Å². The molecule has 1 fully saturated rings. The number of alkyl carbamates (subject to hydrolysis) is 1. The molecule has 1 saturated heterocycles. The van der Waals surface area contributed by atoms with E-state index in [1.54, 1.807) is 20.8 Å². The fourth-order valence-corrected chi connectivity index (χ4v) is 3.58. The summed E-state index contributed by atoms with van der Waals surface area (Å²) < 4.78 is 33.2. The highest BCUT2D eigenvalue weighted by Crippen LogP contribution is 2.31. The fourth-order valence-electron chi connectivity index (χ4n) is 3.58. The molecule has 2 aromatic rings. The molecule has 0 spiro atoms. The SMILES string of the molecule is CC(C)(C)OC(=O)N[C@H]1CN(Cc2ccccc2)C[C@@H]1c1ccc(F)cc1F. The Balaban J connectivity index is 1.79. The van der Waals surface area contributed by atoms with E-state index in [0.717, 1.165) is 11.6 Å². The number of carbonyl (C=O) groups excluding carboxylic acids is 1. The fraction of sp³-hybridized carbons (Fsp3) is 0.409. The predicted octanol–water partition coefficient (Wildman–Crippen LogP) is 4.46. The molecule has 4 nitrogen and oxygen atoms in total. The van der Waals surface area contributed by atoms with Crippen molar-refractivity contribution in [3.8, 4) is 0 Å². The van der Waals surface area contributed by atoms with E-state index < -0.39 is 23.3 Å². The zero-order valence-electron chi connectivity index (χ0n) is 16.4. The van der Waals surface area contributed by atoms with Crippen molar-refractivity contribution >= 4 is 6.09 Å². The highest BCUT2D eigenvalue weighted by atomic mass is 19.1. The Kier molecular flexibility index (Phi) is 5.98. The Morgan fingerprint density at radius 2 is 1.86 bits per heavy atom. The van der Waals surface area contributed by atoms with Crippen LogP contribution in [0.5, 0.6) is 0 Å². The van der Waals surface area contributed by atoms with Crippen molar-refractivity contribution in [2.75, 3.05) is 13.1 Å². The molecule has 0 unspecified atom stereocenters. The van der Waals surface area contributed by atoms with E-state index in [2.05, 4.69) is 10.2 Å². The van der Waals surface area contributed by atoms with Crippen LogP contribution in [0.1, 0.15) is 37.8 Å². The lowest BCUT2D eigenvalue weighted by Crippen LogP contribution is -2.42. The first-order valence-corrected chi connectivity index (χ1v) is 9.42. The van der Waals surface area contributed by atoms with Gasteiger partial charge in [-0.05, 0) is 38.0 Å². The molecule has 1 heterocycles. The van der Waals surface area contributed by atoms with Gasteiger partial charge in [0.15, 0.2) is 0 Å². The van der Waals surface area contributed by atoms with Gasteiger partial charge in [-0.3, -0.25) is 4.90 Å². The monoisotopic (exact) mass is 388 g/mol. The summed E-state index contributed by atoms with van der Waals surface area (Å²) in [7, 11) is 0. The molecule has 6 heteroatoms. The van der Waals surface area contributed by atoms with Crippen molar-refractivity contribution in [1.29, 1.82) is 0 Å². The maximum Gasteiger partial charge on any atom is 0.407 e. The van der Waals surface area contributed by atoms with Crippen LogP contribution in [-0.2, 0) is 11.3 Å². The lowest BCUT2D eigenvalue weighted by molar-refractivity contribution is 0.0502. The number of rotatable bonds is 4. The van der Waals surface area contributed by atoms with Gasteiger partial charge in [0.05, 0.1) is 6.04 Å². The van der Waals surface area contributed by atoms with Crippen LogP contribution in [0.15, 0.2) is 48.5 Å². The molecule has 0 saturated carbocycles. The smallest absolute Gasteiger partial charge is 0.407 e. The minimum absolute atomic E-state index is 0.295. The molecule has 1 aliphatic rings. The average Bonchev–Trinajstić information content (AvgIpc) is 2.96. The van der Waals surface area contributed by atoms with E-state index in [1.807, 2.05) is 30.3 Å². The summed E-state index contributed by atoms with van der Waals surface area (Å²) in [6, 6.07) is 13.2. The standard InChI is InChI=1S/C22H26F2N2O2/c1-22(2,3)28-21(27)25-20-14-26(12-15-7-5-4-6-8-15)13-18(20)17-10-9-16(23)11-19(17)24/h4-11,18,20H,12-14H2,1-3H3,(H,25,27)/t18-,20+/m1/s1. The molecule has 2 aromatic carbocycles. The Morgan fingerprint density at radius 1 is 1.14 bits per heavy atom. The molecule has 3 rings (SSSR count). The van der Waals surface area contributed by atoms with Gasteiger partial charge in [-0.25, -0.2) is 13.6 Å². The first-order chi connectivity index (χ1) is 13.2. The number of halogens is 2. The largest absolute Gasteiger partial charge is 0.444 e. The minimum Gasteiger partial charge on any atom is -0.444 e. The van der Waals surface area contributed by atoms with Gasteiger partial charge in [-0.1, -0.05) is 36.4 Å². The zero-order valence-corrected chi connectivity index (χ0v) is 16.4. The van der Waals surface area contributed by atoms with Crippen LogP contribution >= 0.6 is 0 Å². The van der Waals surface area contributed by atoms with Crippen LogP contribution in [0.2, 0.25) is 0 Å². The summed E-state index contributed by atoms with van der Waals surface area (Å²) in [6.45, 7) is 7.17. The van der Waals surface area contributed by atoms with Crippen LogP contribution in [0.25, 0.3) is 0 Å². The van der Waals surface area contributed by atoms with Gasteiger partial charge in [0.2, 0.25) is 0 Å². The van der Waals surface area contributed by atoms with Crippen LogP contribution in [-0.4, -0.2) is 35.7 Å². The summed E-state index contributed by atoms with van der Waals surface area (Å²) >= 11 is 0. The number of likely N-dealkylation sites (tertiary alicyclic amines) is 1. The number of nitrogens with one attached hydrogen (secondary N) is 1. The van der Waals surface area contributed by atoms with Gasteiger partial charge in [-0.15, -0.1) is 0 Å². The summed E-state index contributed by atoms with van der Waals surface area (Å²) in [5.41, 5.74) is 0.917. The molecule has 150 valence electrons. The van der Waals surface area contributed by atoms with E-state index >= 15 is 0 Å². The topological polar surface area (TPSA) is 41.6 Å². The van der Waals surface area contributed by atoms with E-state index in [9.17, 15) is 13.6 Å². The zero-order chi connectivity index (χ0) is 20.3. The lowest BCUT2D eigenvalue weighted by atomic mass is 9.94. The first-order valence-electron chi connectivity index (χ1n) is 9.42. The first kappa shape index (κ1) is 20.3. The Hall–Kier alpha value is -2.47. The van der Waals surface area contributed by atoms with Crippen LogP contribution in [0, 0.1) is 11.6 Å². The average molecular weight is 388 g/mol. The van der Waals surface area contributed by atoms with Gasteiger partial charge in [0.1, 0.15) is 17.2 Å².